The molecule has 0 saturated carbocycles. The molecule has 0 saturated heterocycles. The molecule has 176 valence electrons. The summed E-state index contributed by atoms with van der Waals surface area (Å²) in [5.74, 6) is 1.70. The average Bonchev–Trinajstić information content (AvgIpc) is 3.23. The molecular weight excluding hydrogens is 519 g/mol. The zero-order chi connectivity index (χ0) is 24.6. The van der Waals surface area contributed by atoms with Crippen LogP contribution in [0.3, 0.4) is 0 Å². The first-order chi connectivity index (χ1) is 16.1. The van der Waals surface area contributed by atoms with Gasteiger partial charge in [-0.1, -0.05) is 0 Å². The maximum atomic E-state index is 12.3. The Hall–Kier alpha value is -3.06. The summed E-state index contributed by atoms with van der Waals surface area (Å²) < 4.78 is 12.7. The average molecular weight is 544 g/mol. The Bertz CT molecular complexity index is 1380. The van der Waals surface area contributed by atoms with Gasteiger partial charge >= 0.3 is 209 Å². The first-order valence-electron chi connectivity index (χ1n) is 10.5. The number of benzene rings is 2. The van der Waals surface area contributed by atoms with Crippen LogP contribution in [0.1, 0.15) is 34.4 Å². The molecular formula is C25H25ClN4O3Se. The molecule has 0 aliphatic carbocycles. The van der Waals surface area contributed by atoms with Crippen molar-refractivity contribution < 1.29 is 14.3 Å². The third-order valence-electron chi connectivity index (χ3n) is 5.25. The van der Waals surface area contributed by atoms with Crippen LogP contribution in [0.5, 0.6) is 11.5 Å². The molecule has 4 aromatic rings. The van der Waals surface area contributed by atoms with Crippen LogP contribution in [0.25, 0.3) is 22.3 Å². The number of nitrogens with two attached hydrogens (primary N) is 1. The van der Waals surface area contributed by atoms with Crippen molar-refractivity contribution in [3.05, 3.63) is 56.4 Å². The number of rotatable bonds is 6. The number of methoxy groups -OCH3 is 2. The van der Waals surface area contributed by atoms with Crippen LogP contribution in [0.4, 0.5) is 11.5 Å². The van der Waals surface area contributed by atoms with Crippen molar-refractivity contribution in [3.8, 4) is 22.9 Å². The van der Waals surface area contributed by atoms with Gasteiger partial charge in [0.1, 0.15) is 0 Å². The van der Waals surface area contributed by atoms with Crippen molar-refractivity contribution in [2.24, 2.45) is 5.73 Å². The third-order valence-corrected chi connectivity index (χ3v) is 8.81. The number of primary amides is 1. The van der Waals surface area contributed by atoms with Crippen LogP contribution in [-0.2, 0) is 5.41 Å². The number of hydrogen-bond donors (Lipinski definition) is 2. The monoisotopic (exact) mass is 544 g/mol. The summed E-state index contributed by atoms with van der Waals surface area (Å²) in [6, 6.07) is 12.9. The Morgan fingerprint density at radius 1 is 1.03 bits per heavy atom. The van der Waals surface area contributed by atoms with E-state index in [1.165, 1.54) is 4.44 Å². The molecule has 0 unspecified atom stereocenters. The number of amides is 1. The first-order valence-corrected chi connectivity index (χ1v) is 12.6. The van der Waals surface area contributed by atoms with Crippen LogP contribution in [0.2, 0.25) is 5.02 Å². The number of nitrogens with zero attached hydrogens (tertiary/aromatic N) is 2. The molecule has 3 N–H and O–H groups in total. The van der Waals surface area contributed by atoms with Crippen LogP contribution in [-0.4, -0.2) is 44.6 Å². The van der Waals surface area contributed by atoms with E-state index in [0.717, 1.165) is 10.9 Å². The Kier molecular flexibility index (Phi) is 6.58. The molecule has 0 spiro atoms. The van der Waals surface area contributed by atoms with Crippen LogP contribution < -0.4 is 20.5 Å². The summed E-state index contributed by atoms with van der Waals surface area (Å²) in [6.45, 7) is 6.37. The Morgan fingerprint density at radius 3 is 2.26 bits per heavy atom. The number of carbonyl (C=O) groups is 1. The van der Waals surface area contributed by atoms with E-state index in [2.05, 4.69) is 26.1 Å². The number of aromatic nitrogens is 2. The number of ether oxygens (including phenoxy) is 2. The first kappa shape index (κ1) is 24.1. The fourth-order valence-electron chi connectivity index (χ4n) is 3.44. The van der Waals surface area contributed by atoms with Gasteiger partial charge in [0, 0.05) is 0 Å². The summed E-state index contributed by atoms with van der Waals surface area (Å²) in [4.78, 5) is 21.8. The molecule has 0 radical (unpaired) electrons. The van der Waals surface area contributed by atoms with E-state index in [1.807, 2.05) is 24.3 Å². The predicted molar refractivity (Wildman–Crippen MR) is 137 cm³/mol. The molecule has 1 amide bonds. The molecule has 2 aromatic heterocycles. The van der Waals surface area contributed by atoms with Crippen molar-refractivity contribution >= 4 is 54.4 Å². The number of anilines is 2. The van der Waals surface area contributed by atoms with Gasteiger partial charge in [-0.05, 0) is 0 Å². The van der Waals surface area contributed by atoms with Gasteiger partial charge < -0.3 is 0 Å². The second-order valence-electron chi connectivity index (χ2n) is 8.72. The van der Waals surface area contributed by atoms with Gasteiger partial charge in [0.15, 0.2) is 0 Å². The Labute approximate surface area is 209 Å². The summed E-state index contributed by atoms with van der Waals surface area (Å²) in [5, 5.41) is 4.72. The summed E-state index contributed by atoms with van der Waals surface area (Å²) in [7, 11) is 3.15. The summed E-state index contributed by atoms with van der Waals surface area (Å²) in [5.41, 5.74) is 7.78. The van der Waals surface area contributed by atoms with Crippen molar-refractivity contribution in [1.29, 1.82) is 0 Å². The molecule has 4 rings (SSSR count). The Morgan fingerprint density at radius 2 is 1.68 bits per heavy atom. The van der Waals surface area contributed by atoms with Gasteiger partial charge in [-0.15, -0.1) is 0 Å². The van der Waals surface area contributed by atoms with Gasteiger partial charge in [-0.2, -0.15) is 0 Å². The third kappa shape index (κ3) is 4.75. The van der Waals surface area contributed by atoms with Crippen molar-refractivity contribution in [2.75, 3.05) is 19.5 Å². The van der Waals surface area contributed by atoms with E-state index in [-0.39, 0.29) is 19.9 Å². The van der Waals surface area contributed by atoms with Crippen LogP contribution in [0, 0.1) is 0 Å². The molecule has 2 heterocycles. The maximum absolute atomic E-state index is 12.3. The number of fused-ring (bicyclic) bond motifs is 1. The fourth-order valence-corrected chi connectivity index (χ4v) is 5.72. The topological polar surface area (TPSA) is 99.4 Å². The zero-order valence-electron chi connectivity index (χ0n) is 19.5. The van der Waals surface area contributed by atoms with Crippen LogP contribution in [0.15, 0.2) is 42.5 Å². The van der Waals surface area contributed by atoms with Gasteiger partial charge in [0.25, 0.3) is 0 Å². The molecule has 0 bridgehead atoms. The number of carbonyl (C=O) groups excluding carboxylic acids is 1. The molecule has 9 heteroatoms. The molecule has 0 aliphatic rings. The van der Waals surface area contributed by atoms with Gasteiger partial charge in [0.2, 0.25) is 0 Å². The van der Waals surface area contributed by atoms with E-state index in [0.29, 0.717) is 43.8 Å². The zero-order valence-corrected chi connectivity index (χ0v) is 22.0. The molecule has 7 nitrogen and oxygen atoms in total. The second kappa shape index (κ2) is 9.29. The SMILES string of the molecule is COc1cc2nc(-c3ccc(Cl)cc3)nc(Nc3cc(C(C)(C)C)[se]c3C(N)=O)c2cc1OC. The van der Waals surface area contributed by atoms with E-state index in [4.69, 9.17) is 36.8 Å². The normalized spacial score (nSPS) is 11.5. The van der Waals surface area contributed by atoms with Crippen molar-refractivity contribution in [2.45, 2.75) is 26.2 Å². The van der Waals surface area contributed by atoms with Gasteiger partial charge in [0.05, 0.1) is 0 Å². The molecule has 0 atom stereocenters. The van der Waals surface area contributed by atoms with E-state index < -0.39 is 5.91 Å². The second-order valence-corrected chi connectivity index (χ2v) is 11.4. The summed E-state index contributed by atoms with van der Waals surface area (Å²) >= 11 is 5.90. The Balaban J connectivity index is 1.94. The van der Waals surface area contributed by atoms with Gasteiger partial charge in [-0.3, -0.25) is 0 Å². The molecule has 2 aromatic carbocycles. The number of halogens is 1. The predicted octanol–water partition coefficient (Wildman–Crippen LogP) is 5.16. The van der Waals surface area contributed by atoms with E-state index >= 15 is 0 Å². The van der Waals surface area contributed by atoms with Crippen LogP contribution >= 0.6 is 11.6 Å². The minimum absolute atomic E-state index is 0.0804. The van der Waals surface area contributed by atoms with E-state index in [9.17, 15) is 4.79 Å². The summed E-state index contributed by atoms with van der Waals surface area (Å²) in [6.07, 6.45) is 0. The quantitative estimate of drug-likeness (QED) is 0.326. The fraction of sp³-hybridized carbons (Fsp3) is 0.240. The molecule has 0 aliphatic heterocycles. The van der Waals surface area contributed by atoms with E-state index in [1.54, 1.807) is 32.4 Å². The molecule has 34 heavy (non-hydrogen) atoms. The minimum atomic E-state index is -0.437. The standard InChI is InChI=1S/C25H25ClN4O3Se/c1-25(2,3)20-12-17(21(34-20)22(27)31)29-24-15-10-18(32-4)19(33-5)11-16(15)28-23(30-24)13-6-8-14(26)9-7-13/h6-12H,1-5H3,(H2,27,31)(H,28,29,30). The number of nitrogens with one attached hydrogen (secondary N) is 1. The number of hydrogen-bond acceptors (Lipinski definition) is 6. The van der Waals surface area contributed by atoms with Crippen molar-refractivity contribution in [3.63, 3.8) is 0 Å². The van der Waals surface area contributed by atoms with Gasteiger partial charge in [-0.25, -0.2) is 0 Å². The van der Waals surface area contributed by atoms with Crippen molar-refractivity contribution in [1.82, 2.24) is 9.97 Å². The molecule has 0 fully saturated rings.